The molecule has 5 rings (SSSR count). The summed E-state index contributed by atoms with van der Waals surface area (Å²) in [6.07, 6.45) is 16.4. The van der Waals surface area contributed by atoms with E-state index in [4.69, 9.17) is 9.47 Å². The average Bonchev–Trinajstić information content (AvgIpc) is 3.46. The maximum atomic E-state index is 12.7. The summed E-state index contributed by atoms with van der Waals surface area (Å²) < 4.78 is 11.5. The molecule has 0 bridgehead atoms. The Morgan fingerprint density at radius 2 is 1.92 bits per heavy atom. The molecule has 0 aromatic carbocycles. The van der Waals surface area contributed by atoms with Crippen molar-refractivity contribution >= 4 is 27.9 Å². The molecule has 1 heterocycles. The molecule has 10 atom stereocenters. The molecule has 5 heteroatoms. The van der Waals surface area contributed by atoms with Crippen molar-refractivity contribution < 1.29 is 19.1 Å². The Morgan fingerprint density at radius 3 is 2.67 bits per heavy atom. The lowest BCUT2D eigenvalue weighted by Gasteiger charge is -2.49. The molecule has 0 aromatic rings. The van der Waals surface area contributed by atoms with Gasteiger partial charge in [-0.2, -0.15) is 0 Å². The van der Waals surface area contributed by atoms with Crippen LogP contribution in [-0.4, -0.2) is 30.0 Å². The number of fused-ring (bicyclic) bond motifs is 2. The van der Waals surface area contributed by atoms with Crippen molar-refractivity contribution in [3.63, 3.8) is 0 Å². The number of halogens is 1. The third-order valence-corrected chi connectivity index (χ3v) is 12.5. The molecule has 0 amide bonds. The van der Waals surface area contributed by atoms with E-state index in [0.717, 1.165) is 37.5 Å². The number of alkyl halides is 1. The molecule has 0 radical (unpaired) electrons. The fourth-order valence-electron chi connectivity index (χ4n) is 9.56. The van der Waals surface area contributed by atoms with Crippen LogP contribution in [0.2, 0.25) is 0 Å². The second-order valence-corrected chi connectivity index (χ2v) is 14.9. The van der Waals surface area contributed by atoms with Gasteiger partial charge in [0.15, 0.2) is 0 Å². The largest absolute Gasteiger partial charge is 0.465 e. The second kappa shape index (κ2) is 12.0. The minimum absolute atomic E-state index is 0.0232. The maximum Gasteiger partial charge on any atom is 0.316 e. The van der Waals surface area contributed by atoms with E-state index in [9.17, 15) is 9.59 Å². The van der Waals surface area contributed by atoms with Crippen LogP contribution in [0.3, 0.4) is 0 Å². The van der Waals surface area contributed by atoms with Gasteiger partial charge in [0, 0.05) is 12.3 Å². The Labute approximate surface area is 245 Å². The zero-order valence-corrected chi connectivity index (χ0v) is 26.5. The summed E-state index contributed by atoms with van der Waals surface area (Å²) in [6.45, 7) is 12.6. The van der Waals surface area contributed by atoms with Crippen LogP contribution in [0.5, 0.6) is 0 Å². The predicted octanol–water partition coefficient (Wildman–Crippen LogP) is 8.29. The smallest absolute Gasteiger partial charge is 0.316 e. The summed E-state index contributed by atoms with van der Waals surface area (Å²) in [7, 11) is 0. The van der Waals surface area contributed by atoms with Gasteiger partial charge in [0.1, 0.15) is 11.4 Å². The Hall–Kier alpha value is -1.10. The Kier molecular flexibility index (Phi) is 9.06. The van der Waals surface area contributed by atoms with E-state index in [1.807, 2.05) is 0 Å². The molecule has 39 heavy (non-hydrogen) atoms. The van der Waals surface area contributed by atoms with Crippen LogP contribution in [0.1, 0.15) is 98.8 Å². The molecule has 1 saturated heterocycles. The second-order valence-electron chi connectivity index (χ2n) is 14.4. The monoisotopic (exact) mass is 602 g/mol. The van der Waals surface area contributed by atoms with Gasteiger partial charge in [-0.05, 0) is 91.8 Å². The van der Waals surface area contributed by atoms with Gasteiger partial charge in [-0.25, -0.2) is 0 Å². The zero-order chi connectivity index (χ0) is 27.9. The maximum absolute atomic E-state index is 12.7. The molecule has 218 valence electrons. The number of carbonyl (C=O) groups is 2. The predicted molar refractivity (Wildman–Crippen MR) is 159 cm³/mol. The summed E-state index contributed by atoms with van der Waals surface area (Å²) in [6, 6.07) is 0. The van der Waals surface area contributed by atoms with Crippen LogP contribution < -0.4 is 0 Å². The Balaban J connectivity index is 1.35. The average molecular weight is 604 g/mol. The number of ether oxygens (including phenoxy) is 2. The fraction of sp³-hybridized carbons (Fsp3) is 0.824. The van der Waals surface area contributed by atoms with Crippen LogP contribution in [0.25, 0.3) is 0 Å². The standard InChI is InChI=1S/C34H51BrO4/c1-20(2)21(3)8-9-22(4)30-12-13-31-24(7-6-14-34(30,31)5)16-27-26-17-25(39-32(36)18-35)11-10-23(26)15-28-29(27)19-38-33(28)37/h8-9,20-22,24-25,27-31H,6-7,10-19H2,1-5H3/b9-8+/t21-,22+,24?,25-,27-,28?,29?,30?,31?,34?/m0/s1. The summed E-state index contributed by atoms with van der Waals surface area (Å²) in [5, 5.41) is 0.249. The first-order valence-corrected chi connectivity index (χ1v) is 17.1. The molecule has 0 spiro atoms. The molecule has 0 aromatic heterocycles. The highest BCUT2D eigenvalue weighted by molar-refractivity contribution is 9.09. The minimum Gasteiger partial charge on any atom is -0.465 e. The number of hydrogen-bond donors (Lipinski definition) is 0. The summed E-state index contributed by atoms with van der Waals surface area (Å²) in [5.41, 5.74) is 3.41. The number of rotatable bonds is 8. The highest BCUT2D eigenvalue weighted by Crippen LogP contribution is 2.62. The van der Waals surface area contributed by atoms with Crippen LogP contribution in [-0.2, 0) is 19.1 Å². The van der Waals surface area contributed by atoms with Crippen molar-refractivity contribution in [3.8, 4) is 0 Å². The highest BCUT2D eigenvalue weighted by atomic mass is 79.9. The van der Waals surface area contributed by atoms with Crippen molar-refractivity contribution in [2.24, 2.45) is 58.7 Å². The number of esters is 2. The molecule has 2 saturated carbocycles. The molecule has 0 N–H and O–H groups in total. The molecule has 4 aliphatic carbocycles. The van der Waals surface area contributed by atoms with Gasteiger partial charge in [-0.3, -0.25) is 9.59 Å². The van der Waals surface area contributed by atoms with E-state index in [0.29, 0.717) is 47.5 Å². The Morgan fingerprint density at radius 1 is 1.13 bits per heavy atom. The van der Waals surface area contributed by atoms with Crippen molar-refractivity contribution in [3.05, 3.63) is 23.3 Å². The normalized spacial score (nSPS) is 39.8. The van der Waals surface area contributed by atoms with E-state index in [1.165, 1.54) is 49.7 Å². The first kappa shape index (κ1) is 29.4. The quantitative estimate of drug-likeness (QED) is 0.159. The van der Waals surface area contributed by atoms with Gasteiger partial charge >= 0.3 is 11.9 Å². The molecule has 1 aliphatic heterocycles. The molecule has 5 aliphatic rings. The van der Waals surface area contributed by atoms with Crippen molar-refractivity contribution in [2.75, 3.05) is 11.9 Å². The summed E-state index contributed by atoms with van der Waals surface area (Å²) >= 11 is 3.26. The van der Waals surface area contributed by atoms with Gasteiger partial charge in [0.05, 0.1) is 12.5 Å². The first-order valence-electron chi connectivity index (χ1n) is 15.9. The topological polar surface area (TPSA) is 52.6 Å². The third kappa shape index (κ3) is 5.82. The highest BCUT2D eigenvalue weighted by Gasteiger charge is 2.54. The van der Waals surface area contributed by atoms with Crippen LogP contribution in [0.15, 0.2) is 23.3 Å². The molecular weight excluding hydrogens is 552 g/mol. The first-order chi connectivity index (χ1) is 18.6. The SMILES string of the molecule is CC(C)[C@@H](C)/C=C/[C@@H](C)C1CCC2C(C[C@H]3C4=C(CC[C@H](OC(=O)CBr)C4)CC4C(=O)OCC43)CCCC21C. The lowest BCUT2D eigenvalue weighted by atomic mass is 9.56. The van der Waals surface area contributed by atoms with Crippen molar-refractivity contribution in [2.45, 2.75) is 105 Å². The van der Waals surface area contributed by atoms with E-state index in [2.05, 4.69) is 62.7 Å². The van der Waals surface area contributed by atoms with E-state index < -0.39 is 0 Å². The fourth-order valence-corrected chi connectivity index (χ4v) is 9.70. The lowest BCUT2D eigenvalue weighted by molar-refractivity contribution is -0.146. The zero-order valence-electron chi connectivity index (χ0n) is 24.9. The summed E-state index contributed by atoms with van der Waals surface area (Å²) in [5.74, 6) is 4.75. The minimum atomic E-state index is -0.167. The molecule has 6 unspecified atom stereocenters. The van der Waals surface area contributed by atoms with Gasteiger partial charge in [0.25, 0.3) is 0 Å². The van der Waals surface area contributed by atoms with Gasteiger partial charge in [0.2, 0.25) is 0 Å². The number of hydrogen-bond acceptors (Lipinski definition) is 4. The molecular formula is C34H51BrO4. The van der Waals surface area contributed by atoms with E-state index >= 15 is 0 Å². The Bertz CT molecular complexity index is 984. The summed E-state index contributed by atoms with van der Waals surface area (Å²) in [4.78, 5) is 24.8. The van der Waals surface area contributed by atoms with Crippen LogP contribution >= 0.6 is 15.9 Å². The molecule has 3 fully saturated rings. The van der Waals surface area contributed by atoms with E-state index in [-0.39, 0.29) is 29.3 Å². The number of allylic oxidation sites excluding steroid dienone is 3. The van der Waals surface area contributed by atoms with Gasteiger partial charge in [-0.1, -0.05) is 86.7 Å². The third-order valence-electron chi connectivity index (χ3n) is 12.0. The number of cyclic esters (lactones) is 1. The van der Waals surface area contributed by atoms with Crippen LogP contribution in [0, 0.1) is 58.7 Å². The lowest BCUT2D eigenvalue weighted by Crippen LogP contribution is -2.42. The van der Waals surface area contributed by atoms with Crippen molar-refractivity contribution in [1.82, 2.24) is 0 Å². The van der Waals surface area contributed by atoms with E-state index in [1.54, 1.807) is 0 Å². The van der Waals surface area contributed by atoms with Gasteiger partial charge < -0.3 is 9.47 Å². The van der Waals surface area contributed by atoms with Crippen LogP contribution in [0.4, 0.5) is 0 Å². The number of carbonyl (C=O) groups excluding carboxylic acids is 2. The van der Waals surface area contributed by atoms with Gasteiger partial charge in [-0.15, -0.1) is 0 Å². The van der Waals surface area contributed by atoms with Crippen molar-refractivity contribution in [1.29, 1.82) is 0 Å². The molecule has 4 nitrogen and oxygen atoms in total.